The van der Waals surface area contributed by atoms with Gasteiger partial charge >= 0.3 is 6.09 Å². The first-order valence-electron chi connectivity index (χ1n) is 9.21. The lowest BCUT2D eigenvalue weighted by Gasteiger charge is -2.18. The van der Waals surface area contributed by atoms with Gasteiger partial charge in [0.25, 0.3) is 10.0 Å². The lowest BCUT2D eigenvalue weighted by atomic mass is 10.1. The monoisotopic (exact) mass is 424 g/mol. The lowest BCUT2D eigenvalue weighted by Crippen LogP contribution is -2.27. The Morgan fingerprint density at radius 3 is 2.47 bits per heavy atom. The lowest BCUT2D eigenvalue weighted by molar-refractivity contribution is 0.0514. The van der Waals surface area contributed by atoms with E-state index < -0.39 is 21.7 Å². The molecule has 0 spiro atoms. The van der Waals surface area contributed by atoms with E-state index in [4.69, 9.17) is 4.74 Å². The van der Waals surface area contributed by atoms with E-state index in [0.717, 1.165) is 8.65 Å². The summed E-state index contributed by atoms with van der Waals surface area (Å²) in [6, 6.07) is 11.7. The molecule has 0 bridgehead atoms. The smallest absolute Gasteiger partial charge is 0.435 e. The zero-order chi connectivity index (χ0) is 21.5. The fraction of sp³-hybridized carbons (Fsp3) is 0.190. The maximum atomic E-state index is 12.9. The highest BCUT2D eigenvalue weighted by Gasteiger charge is 2.21. The van der Waals surface area contributed by atoms with Crippen molar-refractivity contribution in [2.75, 3.05) is 0 Å². The van der Waals surface area contributed by atoms with Crippen molar-refractivity contribution in [3.05, 3.63) is 67.3 Å². The number of rotatable bonds is 3. The minimum absolute atomic E-state index is 0.187. The summed E-state index contributed by atoms with van der Waals surface area (Å²) in [6.07, 6.45) is 5.53. The van der Waals surface area contributed by atoms with Gasteiger partial charge in [0.15, 0.2) is 5.65 Å². The van der Waals surface area contributed by atoms with Crippen molar-refractivity contribution >= 4 is 27.1 Å². The summed E-state index contributed by atoms with van der Waals surface area (Å²) in [7, 11) is -3.75. The average molecular weight is 424 g/mol. The van der Waals surface area contributed by atoms with Crippen molar-refractivity contribution in [3.8, 4) is 11.1 Å². The first kappa shape index (κ1) is 19.8. The Morgan fingerprint density at radius 2 is 1.77 bits per heavy atom. The number of hydrogen-bond donors (Lipinski definition) is 0. The highest BCUT2D eigenvalue weighted by atomic mass is 32.2. The van der Waals surface area contributed by atoms with Crippen molar-refractivity contribution in [1.29, 1.82) is 0 Å². The number of aromatic nitrogens is 4. The van der Waals surface area contributed by atoms with Gasteiger partial charge in [-0.3, -0.25) is 0 Å². The quantitative estimate of drug-likeness (QED) is 0.495. The molecule has 0 saturated carbocycles. The molecule has 0 aliphatic rings. The Morgan fingerprint density at radius 1 is 1.03 bits per heavy atom. The Hall–Kier alpha value is -3.46. The second kappa shape index (κ2) is 7.10. The van der Waals surface area contributed by atoms with E-state index in [2.05, 4.69) is 10.1 Å². The van der Waals surface area contributed by atoms with Gasteiger partial charge in [-0.2, -0.15) is 9.78 Å². The predicted molar refractivity (Wildman–Crippen MR) is 112 cm³/mol. The summed E-state index contributed by atoms with van der Waals surface area (Å²) in [5.74, 6) is 0. The van der Waals surface area contributed by atoms with Gasteiger partial charge < -0.3 is 4.74 Å². The second-order valence-corrected chi connectivity index (χ2v) is 9.54. The summed E-state index contributed by atoms with van der Waals surface area (Å²) in [6.45, 7) is 5.34. The molecule has 0 fully saturated rings. The molecule has 8 nitrogen and oxygen atoms in total. The SMILES string of the molecule is CC(C)(C)OC(=O)n1cc(-c2cnc3c(ccn3S(=O)(=O)c3ccccc3)c2)cn1. The molecule has 3 heterocycles. The molecule has 3 aromatic heterocycles. The van der Waals surface area contributed by atoms with E-state index in [1.54, 1.807) is 75.6 Å². The topological polar surface area (TPSA) is 96.1 Å². The molecule has 4 aromatic rings. The summed E-state index contributed by atoms with van der Waals surface area (Å²) in [5, 5.41) is 4.70. The zero-order valence-electron chi connectivity index (χ0n) is 16.7. The molecule has 0 atom stereocenters. The van der Waals surface area contributed by atoms with Crippen LogP contribution in [-0.4, -0.2) is 38.8 Å². The van der Waals surface area contributed by atoms with Crippen LogP contribution in [0.3, 0.4) is 0 Å². The molecule has 1 aromatic carbocycles. The molecular formula is C21H20N4O4S. The Labute approximate surface area is 173 Å². The summed E-state index contributed by atoms with van der Waals surface area (Å²) >= 11 is 0. The number of pyridine rings is 1. The molecule has 0 saturated heterocycles. The van der Waals surface area contributed by atoms with Crippen molar-refractivity contribution < 1.29 is 17.9 Å². The number of carbonyl (C=O) groups is 1. The molecule has 0 amide bonds. The van der Waals surface area contributed by atoms with Crippen LogP contribution < -0.4 is 0 Å². The van der Waals surface area contributed by atoms with Gasteiger partial charge in [0, 0.05) is 35.1 Å². The number of carbonyl (C=O) groups excluding carboxylic acids is 1. The molecule has 154 valence electrons. The van der Waals surface area contributed by atoms with Crippen LogP contribution in [0.25, 0.3) is 22.2 Å². The van der Waals surface area contributed by atoms with Gasteiger partial charge in [-0.05, 0) is 45.0 Å². The van der Waals surface area contributed by atoms with E-state index in [1.807, 2.05) is 0 Å². The summed E-state index contributed by atoms with van der Waals surface area (Å²) in [4.78, 5) is 16.7. The van der Waals surface area contributed by atoms with Crippen molar-refractivity contribution in [2.24, 2.45) is 0 Å². The van der Waals surface area contributed by atoms with E-state index >= 15 is 0 Å². The van der Waals surface area contributed by atoms with Gasteiger partial charge in [-0.15, -0.1) is 0 Å². The van der Waals surface area contributed by atoms with Gasteiger partial charge in [-0.25, -0.2) is 22.2 Å². The van der Waals surface area contributed by atoms with E-state index in [9.17, 15) is 13.2 Å². The van der Waals surface area contributed by atoms with Gasteiger partial charge in [0.1, 0.15) is 5.60 Å². The number of nitrogens with zero attached hydrogens (tertiary/aromatic N) is 4. The summed E-state index contributed by atoms with van der Waals surface area (Å²) < 4.78 is 33.4. The van der Waals surface area contributed by atoms with Crippen molar-refractivity contribution in [2.45, 2.75) is 31.3 Å². The standard InChI is InChI=1S/C21H20N4O4S/c1-21(2,3)29-20(26)24-14-17(13-23-24)16-11-15-9-10-25(19(15)22-12-16)30(27,28)18-7-5-4-6-8-18/h4-14H,1-3H3. The van der Waals surface area contributed by atoms with Crippen LogP contribution in [0.2, 0.25) is 0 Å². The third-order valence-corrected chi connectivity index (χ3v) is 5.97. The molecule has 0 radical (unpaired) electrons. The minimum atomic E-state index is -3.75. The third kappa shape index (κ3) is 3.71. The van der Waals surface area contributed by atoms with Crippen LogP contribution in [0.1, 0.15) is 20.8 Å². The second-order valence-electron chi connectivity index (χ2n) is 7.72. The Bertz CT molecular complexity index is 1330. The molecule has 30 heavy (non-hydrogen) atoms. The highest BCUT2D eigenvalue weighted by molar-refractivity contribution is 7.90. The molecule has 0 aliphatic heterocycles. The number of fused-ring (bicyclic) bond motifs is 1. The summed E-state index contributed by atoms with van der Waals surface area (Å²) in [5.41, 5.74) is 1.06. The largest absolute Gasteiger partial charge is 0.442 e. The maximum Gasteiger partial charge on any atom is 0.435 e. The third-order valence-electron chi connectivity index (χ3n) is 4.29. The molecular weight excluding hydrogens is 404 g/mol. The van der Waals surface area contributed by atoms with Crippen LogP contribution >= 0.6 is 0 Å². The first-order chi connectivity index (χ1) is 14.1. The van der Waals surface area contributed by atoms with Gasteiger partial charge in [0.2, 0.25) is 0 Å². The maximum absolute atomic E-state index is 12.9. The van der Waals surface area contributed by atoms with Crippen molar-refractivity contribution in [1.82, 2.24) is 18.7 Å². The normalized spacial score (nSPS) is 12.2. The zero-order valence-corrected chi connectivity index (χ0v) is 17.5. The van der Waals surface area contributed by atoms with Gasteiger partial charge in [0.05, 0.1) is 11.1 Å². The van der Waals surface area contributed by atoms with Crippen LogP contribution in [0, 0.1) is 0 Å². The molecule has 4 rings (SSSR count). The molecule has 9 heteroatoms. The fourth-order valence-electron chi connectivity index (χ4n) is 2.94. The first-order valence-corrected chi connectivity index (χ1v) is 10.7. The fourth-order valence-corrected chi connectivity index (χ4v) is 4.27. The van der Waals surface area contributed by atoms with Crippen LogP contribution in [0.4, 0.5) is 4.79 Å². The Kier molecular flexibility index (Phi) is 4.70. The van der Waals surface area contributed by atoms with E-state index in [-0.39, 0.29) is 4.90 Å². The number of hydrogen-bond acceptors (Lipinski definition) is 6. The average Bonchev–Trinajstić information content (AvgIpc) is 3.34. The minimum Gasteiger partial charge on any atom is -0.442 e. The van der Waals surface area contributed by atoms with E-state index in [1.165, 1.54) is 12.4 Å². The van der Waals surface area contributed by atoms with Crippen LogP contribution in [0.5, 0.6) is 0 Å². The molecule has 0 N–H and O–H groups in total. The molecule has 0 aliphatic carbocycles. The molecule has 0 unspecified atom stereocenters. The van der Waals surface area contributed by atoms with Crippen LogP contribution in [-0.2, 0) is 14.8 Å². The number of benzene rings is 1. The van der Waals surface area contributed by atoms with Crippen LogP contribution in [0.15, 0.2) is 72.1 Å². The Balaban J connectivity index is 1.68. The van der Waals surface area contributed by atoms with Gasteiger partial charge in [-0.1, -0.05) is 18.2 Å². The highest BCUT2D eigenvalue weighted by Crippen LogP contribution is 2.26. The predicted octanol–water partition coefficient (Wildman–Crippen LogP) is 3.92. The van der Waals surface area contributed by atoms with Crippen molar-refractivity contribution in [3.63, 3.8) is 0 Å². The number of ether oxygens (including phenoxy) is 1. The van der Waals surface area contributed by atoms with E-state index in [0.29, 0.717) is 22.2 Å².